The molecule has 1 aliphatic heterocycles. The molecule has 0 saturated carbocycles. The average Bonchev–Trinajstić information content (AvgIpc) is 2.68. The highest BCUT2D eigenvalue weighted by molar-refractivity contribution is 5.97. The van der Waals surface area contributed by atoms with E-state index < -0.39 is 0 Å². The summed E-state index contributed by atoms with van der Waals surface area (Å²) in [6.45, 7) is 2.78. The Kier molecular flexibility index (Phi) is 6.12. The van der Waals surface area contributed by atoms with Crippen LogP contribution in [0.4, 0.5) is 5.69 Å². The van der Waals surface area contributed by atoms with Crippen LogP contribution in [0.15, 0.2) is 48.5 Å². The van der Waals surface area contributed by atoms with Crippen LogP contribution in [-0.2, 0) is 11.2 Å². The molecule has 138 valence electrons. The monoisotopic (exact) mass is 354 g/mol. The smallest absolute Gasteiger partial charge is 0.265 e. The molecule has 0 atom stereocenters. The molecule has 0 radical (unpaired) electrons. The molecule has 1 amide bonds. The SMILES string of the molecule is COc1ccc(CCN(C)CCCN2C(=O)COc3ccccc32)cc1. The second-order valence-corrected chi connectivity index (χ2v) is 6.56. The maximum absolute atomic E-state index is 12.2. The van der Waals surface area contributed by atoms with Crippen LogP contribution in [0.5, 0.6) is 11.5 Å². The van der Waals surface area contributed by atoms with Crippen LogP contribution in [-0.4, -0.2) is 51.2 Å². The van der Waals surface area contributed by atoms with E-state index in [9.17, 15) is 4.79 Å². The Hall–Kier alpha value is -2.53. The molecule has 5 nitrogen and oxygen atoms in total. The zero-order valence-electron chi connectivity index (χ0n) is 15.5. The van der Waals surface area contributed by atoms with Gasteiger partial charge in [0.25, 0.3) is 5.91 Å². The van der Waals surface area contributed by atoms with E-state index in [1.807, 2.05) is 41.3 Å². The van der Waals surface area contributed by atoms with E-state index in [0.29, 0.717) is 6.54 Å². The third-order valence-corrected chi connectivity index (χ3v) is 4.67. The fourth-order valence-electron chi connectivity index (χ4n) is 3.12. The van der Waals surface area contributed by atoms with Gasteiger partial charge >= 0.3 is 0 Å². The van der Waals surface area contributed by atoms with Crippen LogP contribution in [0.25, 0.3) is 0 Å². The lowest BCUT2D eigenvalue weighted by Gasteiger charge is -2.29. The summed E-state index contributed by atoms with van der Waals surface area (Å²) in [4.78, 5) is 16.3. The van der Waals surface area contributed by atoms with Crippen molar-refractivity contribution >= 4 is 11.6 Å². The molecule has 5 heteroatoms. The van der Waals surface area contributed by atoms with Gasteiger partial charge in [0, 0.05) is 13.1 Å². The predicted octanol–water partition coefficient (Wildman–Crippen LogP) is 2.99. The van der Waals surface area contributed by atoms with Crippen LogP contribution in [0.1, 0.15) is 12.0 Å². The second kappa shape index (κ2) is 8.72. The lowest BCUT2D eigenvalue weighted by Crippen LogP contribution is -2.40. The lowest BCUT2D eigenvalue weighted by atomic mass is 10.1. The van der Waals surface area contributed by atoms with Crippen LogP contribution in [0, 0.1) is 0 Å². The summed E-state index contributed by atoms with van der Waals surface area (Å²) in [5, 5.41) is 0. The van der Waals surface area contributed by atoms with Crippen LogP contribution < -0.4 is 14.4 Å². The first kappa shape index (κ1) is 18.3. The number of fused-ring (bicyclic) bond motifs is 1. The summed E-state index contributed by atoms with van der Waals surface area (Å²) in [6.07, 6.45) is 1.93. The second-order valence-electron chi connectivity index (χ2n) is 6.56. The van der Waals surface area contributed by atoms with Crippen molar-refractivity contribution in [1.82, 2.24) is 4.90 Å². The van der Waals surface area contributed by atoms with Gasteiger partial charge in [-0.2, -0.15) is 0 Å². The van der Waals surface area contributed by atoms with Crippen molar-refractivity contribution in [3.63, 3.8) is 0 Å². The standard InChI is InChI=1S/C21H26N2O3/c1-22(15-12-17-8-10-18(25-2)11-9-17)13-5-14-23-19-6-3-4-7-20(19)26-16-21(23)24/h3-4,6-11H,5,12-16H2,1-2H3. The lowest BCUT2D eigenvalue weighted by molar-refractivity contribution is -0.121. The van der Waals surface area contributed by atoms with Gasteiger partial charge in [-0.1, -0.05) is 24.3 Å². The van der Waals surface area contributed by atoms with Crippen LogP contribution in [0.3, 0.4) is 0 Å². The predicted molar refractivity (Wildman–Crippen MR) is 103 cm³/mol. The number of hydrogen-bond acceptors (Lipinski definition) is 4. The van der Waals surface area contributed by atoms with Crippen molar-refractivity contribution in [2.45, 2.75) is 12.8 Å². The van der Waals surface area contributed by atoms with Crippen molar-refractivity contribution in [3.8, 4) is 11.5 Å². The van der Waals surface area contributed by atoms with E-state index in [0.717, 1.165) is 43.1 Å². The summed E-state index contributed by atoms with van der Waals surface area (Å²) in [6, 6.07) is 15.9. The summed E-state index contributed by atoms with van der Waals surface area (Å²) in [7, 11) is 3.80. The zero-order valence-corrected chi connectivity index (χ0v) is 15.5. The van der Waals surface area contributed by atoms with Gasteiger partial charge in [-0.15, -0.1) is 0 Å². The van der Waals surface area contributed by atoms with E-state index in [-0.39, 0.29) is 12.5 Å². The number of hydrogen-bond donors (Lipinski definition) is 0. The molecule has 26 heavy (non-hydrogen) atoms. The first-order valence-corrected chi connectivity index (χ1v) is 9.01. The number of carbonyl (C=O) groups is 1. The van der Waals surface area contributed by atoms with E-state index in [1.165, 1.54) is 5.56 Å². The number of para-hydroxylation sites is 2. The highest BCUT2D eigenvalue weighted by Crippen LogP contribution is 2.31. The minimum Gasteiger partial charge on any atom is -0.497 e. The van der Waals surface area contributed by atoms with Gasteiger partial charge in [0.1, 0.15) is 11.5 Å². The normalized spacial score (nSPS) is 13.5. The Labute approximate surface area is 155 Å². The van der Waals surface area contributed by atoms with Crippen LogP contribution >= 0.6 is 0 Å². The highest BCUT2D eigenvalue weighted by atomic mass is 16.5. The number of benzene rings is 2. The summed E-state index contributed by atoms with van der Waals surface area (Å²) >= 11 is 0. The molecule has 3 rings (SSSR count). The minimum absolute atomic E-state index is 0.0320. The molecule has 1 aliphatic rings. The average molecular weight is 354 g/mol. The maximum Gasteiger partial charge on any atom is 0.265 e. The van der Waals surface area contributed by atoms with E-state index >= 15 is 0 Å². The van der Waals surface area contributed by atoms with Crippen molar-refractivity contribution in [2.24, 2.45) is 0 Å². The highest BCUT2D eigenvalue weighted by Gasteiger charge is 2.24. The van der Waals surface area contributed by atoms with Crippen molar-refractivity contribution in [2.75, 3.05) is 45.3 Å². The van der Waals surface area contributed by atoms with Crippen molar-refractivity contribution in [1.29, 1.82) is 0 Å². The van der Waals surface area contributed by atoms with Gasteiger partial charge in [0.05, 0.1) is 12.8 Å². The summed E-state index contributed by atoms with van der Waals surface area (Å²) in [5.74, 6) is 1.71. The first-order valence-electron chi connectivity index (χ1n) is 9.01. The van der Waals surface area contributed by atoms with Crippen molar-refractivity contribution in [3.05, 3.63) is 54.1 Å². The Morgan fingerprint density at radius 3 is 2.65 bits per heavy atom. The minimum atomic E-state index is 0.0320. The third kappa shape index (κ3) is 4.55. The van der Waals surface area contributed by atoms with Gasteiger partial charge in [0.15, 0.2) is 6.61 Å². The number of nitrogens with zero attached hydrogens (tertiary/aromatic N) is 2. The van der Waals surface area contributed by atoms with Crippen LogP contribution in [0.2, 0.25) is 0 Å². The van der Waals surface area contributed by atoms with Gasteiger partial charge in [-0.3, -0.25) is 4.79 Å². The van der Waals surface area contributed by atoms with E-state index in [1.54, 1.807) is 7.11 Å². The molecule has 2 aromatic rings. The van der Waals surface area contributed by atoms with Gasteiger partial charge < -0.3 is 19.3 Å². The summed E-state index contributed by atoms with van der Waals surface area (Å²) < 4.78 is 10.7. The van der Waals surface area contributed by atoms with Gasteiger partial charge in [-0.05, 0) is 56.3 Å². The van der Waals surface area contributed by atoms with Gasteiger partial charge in [-0.25, -0.2) is 0 Å². The number of methoxy groups -OCH3 is 1. The largest absolute Gasteiger partial charge is 0.497 e. The fourth-order valence-corrected chi connectivity index (χ4v) is 3.12. The number of anilines is 1. The molecule has 1 heterocycles. The molecule has 0 saturated heterocycles. The van der Waals surface area contributed by atoms with Crippen molar-refractivity contribution < 1.29 is 14.3 Å². The maximum atomic E-state index is 12.2. The number of carbonyl (C=O) groups excluding carboxylic acids is 1. The first-order chi connectivity index (χ1) is 12.7. The molecule has 0 bridgehead atoms. The summed E-state index contributed by atoms with van der Waals surface area (Å²) in [5.41, 5.74) is 2.18. The number of ether oxygens (including phenoxy) is 2. The molecular weight excluding hydrogens is 328 g/mol. The zero-order chi connectivity index (χ0) is 18.4. The third-order valence-electron chi connectivity index (χ3n) is 4.67. The van der Waals surface area contributed by atoms with Gasteiger partial charge in [0.2, 0.25) is 0 Å². The molecule has 0 fully saturated rings. The molecule has 0 aromatic heterocycles. The topological polar surface area (TPSA) is 42.0 Å². The number of amides is 1. The quantitative estimate of drug-likeness (QED) is 0.731. The Morgan fingerprint density at radius 2 is 1.88 bits per heavy atom. The Balaban J connectivity index is 1.45. The number of rotatable bonds is 8. The Morgan fingerprint density at radius 1 is 1.12 bits per heavy atom. The molecule has 0 N–H and O–H groups in total. The fraction of sp³-hybridized carbons (Fsp3) is 0.381. The molecule has 0 spiro atoms. The number of likely N-dealkylation sites (N-methyl/N-ethyl adjacent to an activating group) is 1. The van der Waals surface area contributed by atoms with E-state index in [4.69, 9.17) is 9.47 Å². The molecular formula is C21H26N2O3. The molecule has 2 aromatic carbocycles. The Bertz CT molecular complexity index is 730. The molecule has 0 aliphatic carbocycles. The van der Waals surface area contributed by atoms with E-state index in [2.05, 4.69) is 24.1 Å². The molecule has 0 unspecified atom stereocenters.